The minimum atomic E-state index is -1.78. The van der Waals surface area contributed by atoms with E-state index in [-0.39, 0.29) is 5.46 Å². The summed E-state index contributed by atoms with van der Waals surface area (Å²) in [5.41, 5.74) is 0.630. The number of rotatable bonds is 7. The maximum Gasteiger partial charge on any atom is 0.491 e. The normalized spacial score (nSPS) is 10.6. The van der Waals surface area contributed by atoms with Crippen LogP contribution in [0.3, 0.4) is 0 Å². The van der Waals surface area contributed by atoms with Gasteiger partial charge in [0.25, 0.3) is 0 Å². The summed E-state index contributed by atoms with van der Waals surface area (Å²) in [4.78, 5) is 0. The Labute approximate surface area is 101 Å². The van der Waals surface area contributed by atoms with Gasteiger partial charge in [0.15, 0.2) is 0 Å². The molecular weight excluding hydrogens is 222 g/mol. The molecule has 0 saturated carbocycles. The molecule has 5 heteroatoms. The van der Waals surface area contributed by atoms with Gasteiger partial charge in [0.05, 0.1) is 6.61 Å². The van der Waals surface area contributed by atoms with Crippen LogP contribution in [-0.4, -0.2) is 23.8 Å². The molecule has 1 aromatic carbocycles. The zero-order valence-corrected chi connectivity index (χ0v) is 10.0. The molecule has 94 valence electrons. The summed E-state index contributed by atoms with van der Waals surface area (Å²) in [6, 6.07) is 4.22. The number of halogens is 1. The Morgan fingerprint density at radius 2 is 2.06 bits per heavy atom. The van der Waals surface area contributed by atoms with Crippen LogP contribution in [0.1, 0.15) is 31.7 Å². The van der Waals surface area contributed by atoms with Crippen LogP contribution < -0.4 is 5.46 Å². The van der Waals surface area contributed by atoms with Gasteiger partial charge in [-0.05, 0) is 18.1 Å². The molecule has 0 aliphatic carbocycles. The Morgan fingerprint density at radius 3 is 2.71 bits per heavy atom. The zero-order valence-electron chi connectivity index (χ0n) is 10.0. The van der Waals surface area contributed by atoms with Crippen LogP contribution in [0.2, 0.25) is 0 Å². The molecule has 0 unspecified atom stereocenters. The Balaban J connectivity index is 2.46. The fourth-order valence-corrected chi connectivity index (χ4v) is 1.53. The van der Waals surface area contributed by atoms with Crippen molar-refractivity contribution in [1.29, 1.82) is 0 Å². The summed E-state index contributed by atoms with van der Waals surface area (Å²) < 4.78 is 18.6. The monoisotopic (exact) mass is 240 g/mol. The van der Waals surface area contributed by atoms with E-state index in [1.807, 2.05) is 0 Å². The highest BCUT2D eigenvalue weighted by molar-refractivity contribution is 6.58. The SMILES string of the molecule is CCCCCOCc1ccc(F)c(B(O)O)c1. The third-order valence-electron chi connectivity index (χ3n) is 2.50. The highest BCUT2D eigenvalue weighted by atomic mass is 19.1. The average molecular weight is 240 g/mol. The van der Waals surface area contributed by atoms with Gasteiger partial charge in [0.1, 0.15) is 5.82 Å². The summed E-state index contributed by atoms with van der Waals surface area (Å²) in [7, 11) is -1.78. The van der Waals surface area contributed by atoms with E-state index >= 15 is 0 Å². The maximum absolute atomic E-state index is 13.1. The molecule has 0 bridgehead atoms. The average Bonchev–Trinajstić information content (AvgIpc) is 2.30. The molecule has 0 amide bonds. The summed E-state index contributed by atoms with van der Waals surface area (Å²) in [5.74, 6) is -0.616. The first-order valence-electron chi connectivity index (χ1n) is 5.87. The molecule has 0 atom stereocenters. The van der Waals surface area contributed by atoms with Crippen molar-refractivity contribution >= 4 is 12.6 Å². The van der Waals surface area contributed by atoms with Crippen molar-refractivity contribution < 1.29 is 19.2 Å². The van der Waals surface area contributed by atoms with Crippen LogP contribution in [0.15, 0.2) is 18.2 Å². The van der Waals surface area contributed by atoms with Gasteiger partial charge in [-0.1, -0.05) is 31.9 Å². The fraction of sp³-hybridized carbons (Fsp3) is 0.500. The van der Waals surface area contributed by atoms with E-state index < -0.39 is 12.9 Å². The number of hydrogen-bond acceptors (Lipinski definition) is 3. The van der Waals surface area contributed by atoms with E-state index in [0.717, 1.165) is 24.8 Å². The first-order chi connectivity index (χ1) is 8.15. The number of hydrogen-bond donors (Lipinski definition) is 2. The third-order valence-corrected chi connectivity index (χ3v) is 2.50. The van der Waals surface area contributed by atoms with Crippen molar-refractivity contribution in [3.05, 3.63) is 29.6 Å². The minimum Gasteiger partial charge on any atom is -0.423 e. The summed E-state index contributed by atoms with van der Waals surface area (Å²) in [5, 5.41) is 17.9. The molecule has 0 aromatic heterocycles. The fourth-order valence-electron chi connectivity index (χ4n) is 1.53. The Hall–Kier alpha value is -0.905. The molecule has 0 aliphatic heterocycles. The first-order valence-corrected chi connectivity index (χ1v) is 5.87. The molecule has 1 aromatic rings. The van der Waals surface area contributed by atoms with E-state index in [4.69, 9.17) is 14.8 Å². The summed E-state index contributed by atoms with van der Waals surface area (Å²) >= 11 is 0. The molecule has 0 spiro atoms. The third kappa shape index (κ3) is 4.85. The Kier molecular flexibility index (Phi) is 6.18. The smallest absolute Gasteiger partial charge is 0.423 e. The van der Waals surface area contributed by atoms with Gasteiger partial charge in [-0.3, -0.25) is 0 Å². The van der Waals surface area contributed by atoms with Crippen molar-refractivity contribution in [3.8, 4) is 0 Å². The van der Waals surface area contributed by atoms with Gasteiger partial charge in [0, 0.05) is 12.1 Å². The molecule has 0 radical (unpaired) electrons. The second kappa shape index (κ2) is 7.43. The van der Waals surface area contributed by atoms with Crippen LogP contribution in [0, 0.1) is 5.82 Å². The van der Waals surface area contributed by atoms with Crippen LogP contribution in [0.4, 0.5) is 4.39 Å². The molecular formula is C12H18BFO3. The van der Waals surface area contributed by atoms with E-state index in [2.05, 4.69) is 6.92 Å². The number of benzene rings is 1. The lowest BCUT2D eigenvalue weighted by atomic mass is 9.79. The molecule has 2 N–H and O–H groups in total. The van der Waals surface area contributed by atoms with E-state index in [0.29, 0.717) is 13.2 Å². The molecule has 17 heavy (non-hydrogen) atoms. The van der Waals surface area contributed by atoms with Crippen LogP contribution in [0.5, 0.6) is 0 Å². The van der Waals surface area contributed by atoms with E-state index in [1.165, 1.54) is 12.1 Å². The molecule has 0 saturated heterocycles. The molecule has 0 aliphatic rings. The lowest BCUT2D eigenvalue weighted by Crippen LogP contribution is -2.33. The van der Waals surface area contributed by atoms with Crippen molar-refractivity contribution in [2.45, 2.75) is 32.8 Å². The van der Waals surface area contributed by atoms with Crippen molar-refractivity contribution in [2.24, 2.45) is 0 Å². The molecule has 1 rings (SSSR count). The largest absolute Gasteiger partial charge is 0.491 e. The van der Waals surface area contributed by atoms with E-state index in [1.54, 1.807) is 6.07 Å². The Morgan fingerprint density at radius 1 is 1.29 bits per heavy atom. The summed E-state index contributed by atoms with van der Waals surface area (Å²) in [6.45, 7) is 3.15. The van der Waals surface area contributed by atoms with Gasteiger partial charge in [-0.15, -0.1) is 0 Å². The van der Waals surface area contributed by atoms with Crippen LogP contribution >= 0.6 is 0 Å². The maximum atomic E-state index is 13.1. The van der Waals surface area contributed by atoms with Gasteiger partial charge < -0.3 is 14.8 Å². The standard InChI is InChI=1S/C12H18BFO3/c1-2-3-4-7-17-9-10-5-6-12(14)11(8-10)13(15)16/h5-6,8,15-16H,2-4,7,9H2,1H3. The molecule has 3 nitrogen and oxygen atoms in total. The molecule has 0 heterocycles. The topological polar surface area (TPSA) is 49.7 Å². The van der Waals surface area contributed by atoms with Crippen molar-refractivity contribution in [2.75, 3.05) is 6.61 Å². The first kappa shape index (κ1) is 14.2. The second-order valence-corrected chi connectivity index (χ2v) is 3.99. The van der Waals surface area contributed by atoms with Crippen molar-refractivity contribution in [1.82, 2.24) is 0 Å². The van der Waals surface area contributed by atoms with E-state index in [9.17, 15) is 4.39 Å². The van der Waals surface area contributed by atoms with Gasteiger partial charge >= 0.3 is 7.12 Å². The highest BCUT2D eigenvalue weighted by Gasteiger charge is 2.16. The zero-order chi connectivity index (χ0) is 12.7. The van der Waals surface area contributed by atoms with Crippen molar-refractivity contribution in [3.63, 3.8) is 0 Å². The lowest BCUT2D eigenvalue weighted by molar-refractivity contribution is 0.117. The molecule has 0 fully saturated rings. The quantitative estimate of drug-likeness (QED) is 0.556. The predicted octanol–water partition coefficient (Wildman–Crippen LogP) is 1.21. The van der Waals surface area contributed by atoms with Gasteiger partial charge in [0.2, 0.25) is 0 Å². The predicted molar refractivity (Wildman–Crippen MR) is 65.4 cm³/mol. The summed E-state index contributed by atoms with van der Waals surface area (Å²) in [6.07, 6.45) is 3.28. The number of unbranched alkanes of at least 4 members (excludes halogenated alkanes) is 2. The highest BCUT2D eigenvalue weighted by Crippen LogP contribution is 2.04. The number of ether oxygens (including phenoxy) is 1. The van der Waals surface area contributed by atoms with Crippen LogP contribution in [0.25, 0.3) is 0 Å². The van der Waals surface area contributed by atoms with Gasteiger partial charge in [-0.2, -0.15) is 0 Å². The second-order valence-electron chi connectivity index (χ2n) is 3.99. The lowest BCUT2D eigenvalue weighted by Gasteiger charge is -2.07. The Bertz CT molecular complexity index is 345. The minimum absolute atomic E-state index is 0.111. The van der Waals surface area contributed by atoms with Crippen LogP contribution in [-0.2, 0) is 11.3 Å². The van der Waals surface area contributed by atoms with Gasteiger partial charge in [-0.25, -0.2) is 4.39 Å².